The van der Waals surface area contributed by atoms with Gasteiger partial charge in [-0.05, 0) is 0 Å². The third-order valence-corrected chi connectivity index (χ3v) is 3.81. The first-order valence-corrected chi connectivity index (χ1v) is 6.85. The lowest BCUT2D eigenvalue weighted by molar-refractivity contribution is -0.336. The lowest BCUT2D eigenvalue weighted by Crippen LogP contribution is -2.55. The number of benzene rings is 1. The van der Waals surface area contributed by atoms with Gasteiger partial charge in [0.1, 0.15) is 12.2 Å². The molecule has 5 nitrogen and oxygen atoms in total. The lowest BCUT2D eigenvalue weighted by atomic mass is 10.00. The number of fused-ring (bicyclic) bond motifs is 1. The van der Waals surface area contributed by atoms with E-state index in [1.54, 1.807) is 14.2 Å². The number of ether oxygens (including phenoxy) is 5. The maximum Gasteiger partial charge on any atom is 0.184 e. The highest BCUT2D eigenvalue weighted by Gasteiger charge is 2.44. The van der Waals surface area contributed by atoms with Crippen LogP contribution in [0.15, 0.2) is 30.3 Å². The summed E-state index contributed by atoms with van der Waals surface area (Å²) in [4.78, 5) is 0. The van der Waals surface area contributed by atoms with E-state index in [0.29, 0.717) is 13.0 Å². The average molecular weight is 280 g/mol. The van der Waals surface area contributed by atoms with Crippen molar-refractivity contribution in [2.24, 2.45) is 0 Å². The molecule has 110 valence electrons. The second-order valence-electron chi connectivity index (χ2n) is 5.03. The Morgan fingerprint density at radius 1 is 1.05 bits per heavy atom. The highest BCUT2D eigenvalue weighted by molar-refractivity contribution is 5.16. The quantitative estimate of drug-likeness (QED) is 0.846. The number of rotatable bonds is 3. The van der Waals surface area contributed by atoms with Crippen molar-refractivity contribution in [3.63, 3.8) is 0 Å². The predicted octanol–water partition coefficient (Wildman–Crippen LogP) is 1.88. The fourth-order valence-corrected chi connectivity index (χ4v) is 2.73. The van der Waals surface area contributed by atoms with Gasteiger partial charge in [0.25, 0.3) is 0 Å². The Kier molecular flexibility index (Phi) is 4.33. The third-order valence-electron chi connectivity index (χ3n) is 3.81. The molecule has 0 amide bonds. The Labute approximate surface area is 118 Å². The third kappa shape index (κ3) is 2.73. The molecule has 0 aromatic heterocycles. The molecule has 20 heavy (non-hydrogen) atoms. The minimum Gasteiger partial charge on any atom is -0.378 e. The summed E-state index contributed by atoms with van der Waals surface area (Å²) in [5, 5.41) is 0. The van der Waals surface area contributed by atoms with Crippen LogP contribution >= 0.6 is 0 Å². The molecule has 2 saturated heterocycles. The van der Waals surface area contributed by atoms with Crippen molar-refractivity contribution < 1.29 is 23.7 Å². The normalized spacial score (nSPS) is 37.4. The lowest BCUT2D eigenvalue weighted by Gasteiger charge is -2.45. The minimum absolute atomic E-state index is 0.0474. The van der Waals surface area contributed by atoms with Crippen LogP contribution < -0.4 is 0 Å². The van der Waals surface area contributed by atoms with Crippen molar-refractivity contribution in [3.8, 4) is 0 Å². The van der Waals surface area contributed by atoms with E-state index in [0.717, 1.165) is 5.56 Å². The summed E-state index contributed by atoms with van der Waals surface area (Å²) >= 11 is 0. The number of methoxy groups -OCH3 is 2. The molecule has 1 aromatic rings. The zero-order chi connectivity index (χ0) is 13.9. The van der Waals surface area contributed by atoms with Gasteiger partial charge in [0.2, 0.25) is 0 Å². The van der Waals surface area contributed by atoms with Gasteiger partial charge in [0, 0.05) is 26.2 Å². The van der Waals surface area contributed by atoms with E-state index in [-0.39, 0.29) is 30.9 Å². The SMILES string of the molecule is CO[C@@H]1C[C@H](OC)[C@H]2O[C@H](c3ccccc3)OC[C@@H]2O1. The first-order valence-electron chi connectivity index (χ1n) is 6.85. The van der Waals surface area contributed by atoms with Crippen molar-refractivity contribution in [2.45, 2.75) is 37.3 Å². The van der Waals surface area contributed by atoms with Gasteiger partial charge in [-0.3, -0.25) is 0 Å². The molecule has 0 bridgehead atoms. The Morgan fingerprint density at radius 3 is 2.55 bits per heavy atom. The van der Waals surface area contributed by atoms with Crippen LogP contribution in [0.1, 0.15) is 18.3 Å². The van der Waals surface area contributed by atoms with Crippen molar-refractivity contribution in [1.29, 1.82) is 0 Å². The molecule has 0 saturated carbocycles. The second kappa shape index (κ2) is 6.20. The van der Waals surface area contributed by atoms with Gasteiger partial charge < -0.3 is 23.7 Å². The van der Waals surface area contributed by atoms with E-state index in [9.17, 15) is 0 Å². The van der Waals surface area contributed by atoms with Gasteiger partial charge in [-0.15, -0.1) is 0 Å². The van der Waals surface area contributed by atoms with Crippen molar-refractivity contribution >= 4 is 0 Å². The standard InChI is InChI=1S/C15H20O5/c1-16-11-8-13(17-2)19-12-9-18-15(20-14(11)12)10-6-4-3-5-7-10/h3-7,11-15H,8-9H2,1-2H3/t11-,12-,13-,14+,15+/m0/s1. The van der Waals surface area contributed by atoms with Crippen LogP contribution in [-0.2, 0) is 23.7 Å². The zero-order valence-corrected chi connectivity index (χ0v) is 11.7. The molecule has 1 aromatic carbocycles. The van der Waals surface area contributed by atoms with Crippen molar-refractivity contribution in [2.75, 3.05) is 20.8 Å². The van der Waals surface area contributed by atoms with Crippen LogP contribution in [0.2, 0.25) is 0 Å². The van der Waals surface area contributed by atoms with E-state index < -0.39 is 0 Å². The van der Waals surface area contributed by atoms with Crippen LogP contribution in [-0.4, -0.2) is 45.4 Å². The van der Waals surface area contributed by atoms with Gasteiger partial charge in [-0.25, -0.2) is 0 Å². The summed E-state index contributed by atoms with van der Waals surface area (Å²) in [6, 6.07) is 9.91. The van der Waals surface area contributed by atoms with Crippen LogP contribution in [0.25, 0.3) is 0 Å². The van der Waals surface area contributed by atoms with E-state index in [1.165, 1.54) is 0 Å². The van der Waals surface area contributed by atoms with E-state index in [1.807, 2.05) is 30.3 Å². The largest absolute Gasteiger partial charge is 0.378 e. The van der Waals surface area contributed by atoms with Gasteiger partial charge in [0.15, 0.2) is 12.6 Å². The summed E-state index contributed by atoms with van der Waals surface area (Å²) in [5.41, 5.74) is 1.01. The van der Waals surface area contributed by atoms with Crippen molar-refractivity contribution in [1.82, 2.24) is 0 Å². The molecule has 0 N–H and O–H groups in total. The number of hydrogen-bond acceptors (Lipinski definition) is 5. The van der Waals surface area contributed by atoms with Crippen LogP contribution in [0.5, 0.6) is 0 Å². The molecule has 2 aliphatic rings. The second-order valence-corrected chi connectivity index (χ2v) is 5.03. The highest BCUT2D eigenvalue weighted by Crippen LogP contribution is 2.34. The monoisotopic (exact) mass is 280 g/mol. The predicted molar refractivity (Wildman–Crippen MR) is 71.1 cm³/mol. The number of hydrogen-bond donors (Lipinski definition) is 0. The summed E-state index contributed by atoms with van der Waals surface area (Å²) in [5.74, 6) is 0. The summed E-state index contributed by atoms with van der Waals surface area (Å²) in [6.45, 7) is 0.476. The first-order chi connectivity index (χ1) is 9.81. The minimum atomic E-state index is -0.363. The molecule has 5 atom stereocenters. The average Bonchev–Trinajstić information content (AvgIpc) is 2.54. The van der Waals surface area contributed by atoms with Crippen LogP contribution in [0.4, 0.5) is 0 Å². The first kappa shape index (κ1) is 14.0. The van der Waals surface area contributed by atoms with Crippen LogP contribution in [0, 0.1) is 0 Å². The molecule has 2 heterocycles. The fourth-order valence-electron chi connectivity index (χ4n) is 2.73. The van der Waals surface area contributed by atoms with Gasteiger partial charge in [0.05, 0.1) is 12.7 Å². The highest BCUT2D eigenvalue weighted by atomic mass is 16.7. The Morgan fingerprint density at radius 2 is 1.85 bits per heavy atom. The smallest absolute Gasteiger partial charge is 0.184 e. The molecule has 5 heteroatoms. The molecule has 0 aliphatic carbocycles. The molecule has 3 rings (SSSR count). The van der Waals surface area contributed by atoms with Crippen LogP contribution in [0.3, 0.4) is 0 Å². The van der Waals surface area contributed by atoms with E-state index in [2.05, 4.69) is 0 Å². The topological polar surface area (TPSA) is 46.2 Å². The Bertz CT molecular complexity index is 416. The zero-order valence-electron chi connectivity index (χ0n) is 11.7. The molecular formula is C15H20O5. The summed E-state index contributed by atoms with van der Waals surface area (Å²) in [7, 11) is 3.32. The molecule has 0 spiro atoms. The van der Waals surface area contributed by atoms with E-state index >= 15 is 0 Å². The molecular weight excluding hydrogens is 260 g/mol. The van der Waals surface area contributed by atoms with Gasteiger partial charge in [-0.1, -0.05) is 30.3 Å². The van der Waals surface area contributed by atoms with Crippen molar-refractivity contribution in [3.05, 3.63) is 35.9 Å². The van der Waals surface area contributed by atoms with Gasteiger partial charge in [-0.2, -0.15) is 0 Å². The maximum absolute atomic E-state index is 6.04. The van der Waals surface area contributed by atoms with Gasteiger partial charge >= 0.3 is 0 Å². The Balaban J connectivity index is 1.73. The van der Waals surface area contributed by atoms with E-state index in [4.69, 9.17) is 23.7 Å². The maximum atomic E-state index is 6.04. The Hall–Kier alpha value is -0.980. The molecule has 2 aliphatic heterocycles. The molecule has 0 unspecified atom stereocenters. The molecule has 2 fully saturated rings. The fraction of sp³-hybridized carbons (Fsp3) is 0.600. The summed E-state index contributed by atoms with van der Waals surface area (Å²) < 4.78 is 28.4. The summed E-state index contributed by atoms with van der Waals surface area (Å²) in [6.07, 6.45) is -0.299. The molecule has 0 radical (unpaired) electrons.